The number of nitrogens with zero attached hydrogens (tertiary/aromatic N) is 3. The van der Waals surface area contributed by atoms with Crippen molar-refractivity contribution in [2.75, 3.05) is 9.80 Å². The van der Waals surface area contributed by atoms with Gasteiger partial charge >= 0.3 is 0 Å². The normalized spacial score (nSPS) is 16.2. The summed E-state index contributed by atoms with van der Waals surface area (Å²) in [5.41, 5.74) is 19.9. The van der Waals surface area contributed by atoms with Crippen LogP contribution in [0.25, 0.3) is 22.1 Å². The minimum absolute atomic E-state index is 0.000899. The standard InChI is InChI=1S/C59H62BN3O/c1-55(2,3)39-18-23-42(24-19-39)62-48-27-22-41(57(7,8)9)32-47(48)60-52-44-33-45-46(59(12,13)29-28-58(45,10)11)34-51(44)64-54(52)63(43-25-20-40(21-26-43)56(4,5)6)50-31-38(30-49(62)53(50)60)37-16-14-36(35-61)15-17-37/h14-27,30-34H,28-29H2,1-13H3. The molecule has 5 heteroatoms. The maximum absolute atomic E-state index is 9.81. The van der Waals surface area contributed by atoms with E-state index in [4.69, 9.17) is 4.42 Å². The number of nitriles is 1. The van der Waals surface area contributed by atoms with E-state index >= 15 is 0 Å². The molecule has 0 unspecified atom stereocenters. The molecule has 3 heterocycles. The zero-order valence-electron chi connectivity index (χ0n) is 40.2. The maximum Gasteiger partial charge on any atom is 0.257 e. The highest BCUT2D eigenvalue weighted by atomic mass is 16.4. The van der Waals surface area contributed by atoms with Gasteiger partial charge in [0, 0.05) is 39.3 Å². The Morgan fingerprint density at radius 3 is 1.56 bits per heavy atom. The molecule has 2 aliphatic heterocycles. The van der Waals surface area contributed by atoms with E-state index in [9.17, 15) is 5.26 Å². The second kappa shape index (κ2) is 14.0. The molecular formula is C59H62BN3O. The number of fused-ring (bicyclic) bond motifs is 7. The first-order chi connectivity index (χ1) is 30.0. The molecule has 0 saturated carbocycles. The molecule has 4 nitrogen and oxygen atoms in total. The molecule has 0 amide bonds. The Hall–Kier alpha value is -5.99. The van der Waals surface area contributed by atoms with Gasteiger partial charge in [0.25, 0.3) is 6.71 Å². The highest BCUT2D eigenvalue weighted by Gasteiger charge is 2.48. The Balaban J connectivity index is 1.35. The second-order valence-electron chi connectivity index (χ2n) is 23.3. The average molecular weight is 840 g/mol. The molecular weight excluding hydrogens is 777 g/mol. The zero-order valence-corrected chi connectivity index (χ0v) is 40.2. The minimum Gasteiger partial charge on any atom is -0.440 e. The van der Waals surface area contributed by atoms with E-state index in [0.717, 1.165) is 58.2 Å². The van der Waals surface area contributed by atoms with Crippen LogP contribution in [0.3, 0.4) is 0 Å². The van der Waals surface area contributed by atoms with Crippen molar-refractivity contribution in [3.8, 4) is 17.2 Å². The van der Waals surface area contributed by atoms with Gasteiger partial charge in [0.15, 0.2) is 0 Å². The van der Waals surface area contributed by atoms with Crippen LogP contribution in [0.4, 0.5) is 34.3 Å². The van der Waals surface area contributed by atoms with Crippen molar-refractivity contribution in [2.24, 2.45) is 0 Å². The van der Waals surface area contributed by atoms with E-state index < -0.39 is 0 Å². The molecule has 0 bridgehead atoms. The Labute approximate surface area is 382 Å². The van der Waals surface area contributed by atoms with Crippen molar-refractivity contribution >= 4 is 68.4 Å². The molecule has 0 atom stereocenters. The third kappa shape index (κ3) is 6.62. The molecule has 1 aliphatic carbocycles. The zero-order chi connectivity index (χ0) is 45.5. The molecule has 0 N–H and O–H groups in total. The number of hydrogen-bond donors (Lipinski definition) is 0. The smallest absolute Gasteiger partial charge is 0.257 e. The van der Waals surface area contributed by atoms with Crippen molar-refractivity contribution in [1.29, 1.82) is 5.26 Å². The molecule has 7 aromatic rings. The van der Waals surface area contributed by atoms with Gasteiger partial charge in [0.2, 0.25) is 5.88 Å². The fourth-order valence-electron chi connectivity index (χ4n) is 10.7. The molecule has 3 aliphatic rings. The van der Waals surface area contributed by atoms with E-state index in [0.29, 0.717) is 5.56 Å². The quantitative estimate of drug-likeness (QED) is 0.166. The molecule has 0 saturated heterocycles. The van der Waals surface area contributed by atoms with Crippen LogP contribution in [0.15, 0.2) is 120 Å². The number of furan rings is 1. The molecule has 10 rings (SSSR count). The maximum atomic E-state index is 9.81. The predicted molar refractivity (Wildman–Crippen MR) is 272 cm³/mol. The van der Waals surface area contributed by atoms with Gasteiger partial charge in [-0.1, -0.05) is 139 Å². The van der Waals surface area contributed by atoms with Crippen LogP contribution in [0, 0.1) is 11.3 Å². The van der Waals surface area contributed by atoms with Gasteiger partial charge in [-0.3, -0.25) is 4.90 Å². The van der Waals surface area contributed by atoms with Crippen molar-refractivity contribution in [1.82, 2.24) is 0 Å². The first kappa shape index (κ1) is 42.0. The van der Waals surface area contributed by atoms with Gasteiger partial charge in [0.05, 0.1) is 11.6 Å². The Morgan fingerprint density at radius 1 is 0.531 bits per heavy atom. The fourth-order valence-corrected chi connectivity index (χ4v) is 10.7. The van der Waals surface area contributed by atoms with E-state index in [-0.39, 0.29) is 33.8 Å². The van der Waals surface area contributed by atoms with Crippen LogP contribution >= 0.6 is 0 Å². The Bertz CT molecular complexity index is 3050. The van der Waals surface area contributed by atoms with Gasteiger partial charge in [-0.2, -0.15) is 5.26 Å². The summed E-state index contributed by atoms with van der Waals surface area (Å²) in [4.78, 5) is 4.93. The summed E-state index contributed by atoms with van der Waals surface area (Å²) in [5.74, 6) is 0.881. The van der Waals surface area contributed by atoms with Crippen LogP contribution in [0.5, 0.6) is 0 Å². The van der Waals surface area contributed by atoms with Gasteiger partial charge in [-0.15, -0.1) is 0 Å². The number of benzene rings is 6. The van der Waals surface area contributed by atoms with Crippen LogP contribution in [-0.2, 0) is 27.1 Å². The topological polar surface area (TPSA) is 43.4 Å². The summed E-state index contributed by atoms with van der Waals surface area (Å²) in [5, 5.41) is 11.0. The summed E-state index contributed by atoms with van der Waals surface area (Å²) in [7, 11) is 0. The molecule has 6 aromatic carbocycles. The number of anilines is 6. The summed E-state index contributed by atoms with van der Waals surface area (Å²) >= 11 is 0. The van der Waals surface area contributed by atoms with E-state index in [1.807, 2.05) is 12.1 Å². The van der Waals surface area contributed by atoms with Crippen molar-refractivity contribution < 1.29 is 4.42 Å². The van der Waals surface area contributed by atoms with Gasteiger partial charge in [0.1, 0.15) is 5.58 Å². The third-order valence-electron chi connectivity index (χ3n) is 14.9. The Morgan fingerprint density at radius 2 is 1.03 bits per heavy atom. The summed E-state index contributed by atoms with van der Waals surface area (Å²) in [6.07, 6.45) is 2.27. The third-order valence-corrected chi connectivity index (χ3v) is 14.9. The fraction of sp³-hybridized carbons (Fsp3) is 0.339. The number of rotatable bonds is 3. The first-order valence-corrected chi connectivity index (χ1v) is 23.3. The lowest BCUT2D eigenvalue weighted by molar-refractivity contribution is 0.332. The van der Waals surface area contributed by atoms with E-state index in [1.165, 1.54) is 55.3 Å². The second-order valence-corrected chi connectivity index (χ2v) is 23.3. The van der Waals surface area contributed by atoms with Gasteiger partial charge < -0.3 is 9.32 Å². The molecule has 1 aromatic heterocycles. The van der Waals surface area contributed by atoms with Crippen LogP contribution in [0.2, 0.25) is 0 Å². The average Bonchev–Trinajstić information content (AvgIpc) is 3.62. The Kier molecular flexibility index (Phi) is 9.19. The van der Waals surface area contributed by atoms with Gasteiger partial charge in [-0.05, 0) is 157 Å². The molecule has 0 radical (unpaired) electrons. The van der Waals surface area contributed by atoms with Crippen molar-refractivity contribution in [3.63, 3.8) is 0 Å². The van der Waals surface area contributed by atoms with Crippen molar-refractivity contribution in [2.45, 2.75) is 130 Å². The van der Waals surface area contributed by atoms with E-state index in [1.54, 1.807) is 0 Å². The van der Waals surface area contributed by atoms with Crippen LogP contribution in [-0.4, -0.2) is 6.71 Å². The SMILES string of the molecule is CC(C)(C)c1ccc(N2c3ccc(C(C)(C)C)cc3B3c4c2cc(-c2ccc(C#N)cc2)cc4N(c2ccc(C(C)(C)C)cc2)c2oc4cc5c(cc4c23)C(C)(C)CCC5(C)C)cc1. The van der Waals surface area contributed by atoms with Crippen molar-refractivity contribution in [3.05, 3.63) is 149 Å². The van der Waals surface area contributed by atoms with Gasteiger partial charge in [-0.25, -0.2) is 0 Å². The van der Waals surface area contributed by atoms with Crippen LogP contribution in [0.1, 0.15) is 136 Å². The summed E-state index contributed by atoms with van der Waals surface area (Å²) < 4.78 is 7.46. The lowest BCUT2D eigenvalue weighted by Crippen LogP contribution is -2.61. The number of hydrogen-bond acceptors (Lipinski definition) is 4. The highest BCUT2D eigenvalue weighted by molar-refractivity contribution is 7.01. The summed E-state index contributed by atoms with van der Waals surface area (Å²) in [6.45, 7) is 30.2. The van der Waals surface area contributed by atoms with E-state index in [2.05, 4.69) is 209 Å². The first-order valence-electron chi connectivity index (χ1n) is 23.3. The lowest BCUT2D eigenvalue weighted by atomic mass is 9.33. The largest absolute Gasteiger partial charge is 0.440 e. The molecule has 0 fully saturated rings. The molecule has 0 spiro atoms. The van der Waals surface area contributed by atoms with Crippen LogP contribution < -0.4 is 26.2 Å². The highest BCUT2D eigenvalue weighted by Crippen LogP contribution is 2.51. The molecule has 322 valence electrons. The minimum atomic E-state index is -0.110. The predicted octanol–water partition coefficient (Wildman–Crippen LogP) is 14.3. The molecule has 64 heavy (non-hydrogen) atoms. The monoisotopic (exact) mass is 839 g/mol. The summed E-state index contributed by atoms with van der Waals surface area (Å²) in [6, 6.07) is 45.7. The lowest BCUT2D eigenvalue weighted by Gasteiger charge is -2.43.